The topological polar surface area (TPSA) is 203 Å². The molecule has 0 spiro atoms. The molecule has 0 aliphatic carbocycles. The number of imidazole rings is 1. The second-order valence-electron chi connectivity index (χ2n) is 6.01. The third-order valence-electron chi connectivity index (χ3n) is 4.45. The van der Waals surface area contributed by atoms with E-state index >= 15 is 0 Å². The van der Waals surface area contributed by atoms with E-state index in [1.807, 2.05) is 0 Å². The van der Waals surface area contributed by atoms with Crippen molar-refractivity contribution < 1.29 is 39.5 Å². The fourth-order valence-electron chi connectivity index (χ4n) is 3.13. The molecule has 1 fully saturated rings. The molecular weight excluding hydrogens is 366 g/mol. The van der Waals surface area contributed by atoms with Gasteiger partial charge in [-0.1, -0.05) is 0 Å². The fraction of sp³-hybridized carbons (Fsp3) is 0.357. The van der Waals surface area contributed by atoms with Crippen LogP contribution < -0.4 is 5.73 Å². The largest absolute Gasteiger partial charge is 0.479 e. The molecule has 2 aromatic heterocycles. The fourth-order valence-corrected chi connectivity index (χ4v) is 3.13. The van der Waals surface area contributed by atoms with Crippen molar-refractivity contribution >= 4 is 28.9 Å². The molecule has 0 radical (unpaired) electrons. The van der Waals surface area contributed by atoms with Gasteiger partial charge in [-0.2, -0.15) is 0 Å². The maximum Gasteiger partial charge on any atom is 0.343 e. The van der Waals surface area contributed by atoms with Crippen molar-refractivity contribution in [3.05, 3.63) is 24.5 Å². The third kappa shape index (κ3) is 2.26. The van der Waals surface area contributed by atoms with E-state index in [1.165, 1.54) is 17.2 Å². The van der Waals surface area contributed by atoms with Gasteiger partial charge in [0.15, 0.2) is 17.6 Å². The molecule has 0 amide bonds. The van der Waals surface area contributed by atoms with Crippen molar-refractivity contribution in [3.8, 4) is 0 Å². The van der Waals surface area contributed by atoms with Crippen molar-refractivity contribution in [2.45, 2.75) is 30.1 Å². The van der Waals surface area contributed by atoms with E-state index in [0.717, 1.165) is 6.08 Å². The van der Waals surface area contributed by atoms with E-state index < -0.39 is 42.1 Å². The summed E-state index contributed by atoms with van der Waals surface area (Å²) in [7, 11) is 0. The molecule has 27 heavy (non-hydrogen) atoms. The van der Waals surface area contributed by atoms with Gasteiger partial charge < -0.3 is 35.6 Å². The van der Waals surface area contributed by atoms with Crippen LogP contribution in [0.1, 0.15) is 6.23 Å². The highest BCUT2D eigenvalue weighted by molar-refractivity contribution is 5.90. The molecular formula is C14H13N5O8. The van der Waals surface area contributed by atoms with Crippen LogP contribution in [0.4, 0.5) is 5.82 Å². The molecule has 13 nitrogen and oxygen atoms in total. The van der Waals surface area contributed by atoms with Gasteiger partial charge in [-0.05, 0) is 0 Å². The summed E-state index contributed by atoms with van der Waals surface area (Å²) in [4.78, 5) is 34.5. The van der Waals surface area contributed by atoms with Gasteiger partial charge in [0.1, 0.15) is 36.1 Å². The number of anilines is 1. The number of aromatic nitrogens is 4. The second kappa shape index (κ2) is 5.60. The zero-order valence-electron chi connectivity index (χ0n) is 13.3. The Morgan fingerprint density at radius 3 is 2.67 bits per heavy atom. The summed E-state index contributed by atoms with van der Waals surface area (Å²) in [5.74, 6) is -3.54. The van der Waals surface area contributed by atoms with Crippen LogP contribution in [0.3, 0.4) is 0 Å². The van der Waals surface area contributed by atoms with Gasteiger partial charge in [-0.3, -0.25) is 4.57 Å². The van der Waals surface area contributed by atoms with Gasteiger partial charge in [-0.25, -0.2) is 24.5 Å². The molecule has 0 bridgehead atoms. The first-order valence-electron chi connectivity index (χ1n) is 7.59. The first-order valence-corrected chi connectivity index (χ1v) is 7.59. The zero-order chi connectivity index (χ0) is 19.5. The number of hydrogen-bond donors (Lipinski definition) is 5. The monoisotopic (exact) mass is 379 g/mol. The minimum absolute atomic E-state index is 0.122. The van der Waals surface area contributed by atoms with Crippen LogP contribution in [0.2, 0.25) is 0 Å². The predicted molar refractivity (Wildman–Crippen MR) is 82.8 cm³/mol. The lowest BCUT2D eigenvalue weighted by molar-refractivity contribution is -0.190. The number of rotatable bonds is 4. The molecule has 142 valence electrons. The van der Waals surface area contributed by atoms with Crippen molar-refractivity contribution in [1.29, 1.82) is 0 Å². The third-order valence-corrected chi connectivity index (χ3v) is 4.45. The van der Waals surface area contributed by atoms with Gasteiger partial charge in [0.2, 0.25) is 11.8 Å². The van der Waals surface area contributed by atoms with Crippen molar-refractivity contribution in [2.75, 3.05) is 5.73 Å². The Balaban J connectivity index is 1.72. The minimum atomic E-state index is -2.58. The first-order chi connectivity index (χ1) is 12.8. The summed E-state index contributed by atoms with van der Waals surface area (Å²) >= 11 is 0. The molecule has 5 atom stereocenters. The number of nitrogens with zero attached hydrogens (tertiary/aromatic N) is 4. The van der Waals surface area contributed by atoms with E-state index in [4.69, 9.17) is 20.3 Å². The number of nitrogens with two attached hydrogens (primary N) is 1. The standard InChI is InChI=1S/C14H13N5O8/c15-9-5-10(17-2-16-9)19(3-18-5)11-6(20)7-4(26-11)1-14(27-7,13(24)25)8(21)12(22)23/h1-3,6-8,11,20-21H,(H,22,23)(H,24,25)(H2,15,16,17)/t6-,7-,8?,11?,14?/m1/s1. The van der Waals surface area contributed by atoms with Gasteiger partial charge in [0, 0.05) is 6.08 Å². The number of carboxylic acid groups (broad SMARTS) is 2. The molecule has 4 rings (SSSR count). The number of nitrogen functional groups attached to an aromatic ring is 1. The Bertz CT molecular complexity index is 989. The van der Waals surface area contributed by atoms with Crippen LogP contribution >= 0.6 is 0 Å². The quantitative estimate of drug-likeness (QED) is 0.386. The normalized spacial score (nSPS) is 30.6. The lowest BCUT2D eigenvalue weighted by Gasteiger charge is -2.28. The summed E-state index contributed by atoms with van der Waals surface area (Å²) in [6, 6.07) is 0. The molecule has 0 saturated carbocycles. The molecule has 4 heterocycles. The number of carboxylic acids is 2. The van der Waals surface area contributed by atoms with Crippen LogP contribution in [-0.4, -0.2) is 75.8 Å². The number of fused-ring (bicyclic) bond motifs is 2. The molecule has 1 saturated heterocycles. The van der Waals surface area contributed by atoms with E-state index in [-0.39, 0.29) is 22.7 Å². The maximum absolute atomic E-state index is 11.6. The Kier molecular flexibility index (Phi) is 3.56. The highest BCUT2D eigenvalue weighted by Gasteiger charge is 2.60. The average Bonchev–Trinajstić information content (AvgIpc) is 3.28. The smallest absolute Gasteiger partial charge is 0.343 e. The van der Waals surface area contributed by atoms with Crippen LogP contribution in [-0.2, 0) is 19.1 Å². The van der Waals surface area contributed by atoms with E-state index in [9.17, 15) is 24.9 Å². The lowest BCUT2D eigenvalue weighted by Crippen LogP contribution is -2.54. The molecule has 13 heteroatoms. The van der Waals surface area contributed by atoms with Gasteiger partial charge >= 0.3 is 11.9 Å². The lowest BCUT2D eigenvalue weighted by atomic mass is 9.97. The Morgan fingerprint density at radius 1 is 1.30 bits per heavy atom. The van der Waals surface area contributed by atoms with Gasteiger partial charge in [0.25, 0.3) is 0 Å². The number of aliphatic hydroxyl groups is 2. The second-order valence-corrected chi connectivity index (χ2v) is 6.01. The minimum Gasteiger partial charge on any atom is -0.479 e. The van der Waals surface area contributed by atoms with Crippen LogP contribution in [0, 0.1) is 0 Å². The van der Waals surface area contributed by atoms with Gasteiger partial charge in [-0.15, -0.1) is 0 Å². The van der Waals surface area contributed by atoms with Crippen LogP contribution in [0.25, 0.3) is 11.2 Å². The number of aliphatic hydroxyl groups excluding tert-OH is 2. The summed E-state index contributed by atoms with van der Waals surface area (Å²) in [5, 5.41) is 38.7. The number of carbonyl (C=O) groups is 2. The van der Waals surface area contributed by atoms with Crippen LogP contribution in [0.5, 0.6) is 0 Å². The van der Waals surface area contributed by atoms with Crippen molar-refractivity contribution in [1.82, 2.24) is 19.5 Å². The van der Waals surface area contributed by atoms with Crippen LogP contribution in [0.15, 0.2) is 24.5 Å². The van der Waals surface area contributed by atoms with Gasteiger partial charge in [0.05, 0.1) is 0 Å². The summed E-state index contributed by atoms with van der Waals surface area (Å²) in [6.07, 6.45) is -2.89. The van der Waals surface area contributed by atoms with E-state index in [0.29, 0.717) is 0 Å². The van der Waals surface area contributed by atoms with E-state index in [1.54, 1.807) is 0 Å². The molecule has 0 aromatic carbocycles. The Hall–Kier alpha value is -3.29. The zero-order valence-corrected chi connectivity index (χ0v) is 13.3. The Morgan fingerprint density at radius 2 is 2.04 bits per heavy atom. The summed E-state index contributed by atoms with van der Waals surface area (Å²) < 4.78 is 12.2. The molecule has 2 aliphatic heterocycles. The highest BCUT2D eigenvalue weighted by atomic mass is 16.6. The summed E-state index contributed by atoms with van der Waals surface area (Å²) in [5.41, 5.74) is 3.67. The molecule has 2 aliphatic rings. The van der Waals surface area contributed by atoms with Crippen molar-refractivity contribution in [2.24, 2.45) is 0 Å². The molecule has 3 unspecified atom stereocenters. The molecule has 6 N–H and O–H groups in total. The average molecular weight is 379 g/mol. The van der Waals surface area contributed by atoms with Crippen molar-refractivity contribution in [3.63, 3.8) is 0 Å². The summed E-state index contributed by atoms with van der Waals surface area (Å²) in [6.45, 7) is 0. The predicted octanol–water partition coefficient (Wildman–Crippen LogP) is -2.15. The number of hydrogen-bond acceptors (Lipinski definition) is 10. The highest BCUT2D eigenvalue weighted by Crippen LogP contribution is 2.44. The first kappa shape index (κ1) is 17.1. The number of aliphatic carboxylic acids is 2. The maximum atomic E-state index is 11.6. The Labute approximate surface area is 149 Å². The SMILES string of the molecule is Nc1ncnc2c1ncn2C1OC2=CC(C(=O)O)(C(O)C(=O)O)O[C@H]2[C@H]1O. The molecule has 2 aromatic rings. The van der Waals surface area contributed by atoms with E-state index in [2.05, 4.69) is 15.0 Å². The number of ether oxygens (including phenoxy) is 2.